The lowest BCUT2D eigenvalue weighted by Crippen LogP contribution is -2.27. The van der Waals surface area contributed by atoms with Crippen molar-refractivity contribution in [3.63, 3.8) is 0 Å². The quantitative estimate of drug-likeness (QED) is 0.701. The maximum Gasteiger partial charge on any atom is 0.271 e. The van der Waals surface area contributed by atoms with Crippen LogP contribution in [0.15, 0.2) is 47.6 Å². The average molecular weight is 400 g/mol. The minimum absolute atomic E-state index is 0.00455. The number of benzene rings is 1. The fourth-order valence-electron chi connectivity index (χ4n) is 3.22. The molecule has 0 radical (unpaired) electrons. The molecule has 8 nitrogen and oxygen atoms in total. The van der Waals surface area contributed by atoms with Crippen molar-refractivity contribution in [2.24, 2.45) is 0 Å². The van der Waals surface area contributed by atoms with Gasteiger partial charge in [-0.2, -0.15) is 0 Å². The molecule has 0 fully saturated rings. The van der Waals surface area contributed by atoms with Gasteiger partial charge in [-0.25, -0.2) is 12.4 Å². The zero-order chi connectivity index (χ0) is 19.9. The first-order chi connectivity index (χ1) is 13.4. The van der Waals surface area contributed by atoms with Gasteiger partial charge in [0.25, 0.3) is 15.9 Å². The van der Waals surface area contributed by atoms with E-state index in [1.165, 1.54) is 10.0 Å². The van der Waals surface area contributed by atoms with E-state index in [0.29, 0.717) is 23.1 Å². The maximum atomic E-state index is 13.5. The largest absolute Gasteiger partial charge is 0.480 e. The molecule has 0 spiro atoms. The minimum atomic E-state index is -3.96. The summed E-state index contributed by atoms with van der Waals surface area (Å²) in [7, 11) is -0.0284. The zero-order valence-electron chi connectivity index (χ0n) is 15.5. The highest BCUT2D eigenvalue weighted by Crippen LogP contribution is 2.36. The molecule has 0 saturated heterocycles. The van der Waals surface area contributed by atoms with Crippen molar-refractivity contribution in [3.8, 4) is 5.75 Å². The zero-order valence-corrected chi connectivity index (χ0v) is 16.4. The Labute approximate surface area is 162 Å². The number of para-hydroxylation sites is 1. The van der Waals surface area contributed by atoms with Crippen molar-refractivity contribution in [1.82, 2.24) is 13.9 Å². The second-order valence-electron chi connectivity index (χ2n) is 6.85. The molecule has 3 aromatic rings. The van der Waals surface area contributed by atoms with E-state index in [1.54, 1.807) is 36.7 Å². The van der Waals surface area contributed by atoms with E-state index in [2.05, 4.69) is 10.3 Å². The highest BCUT2D eigenvalue weighted by Gasteiger charge is 2.29. The van der Waals surface area contributed by atoms with Crippen LogP contribution in [-0.2, 0) is 21.2 Å². The molecule has 3 heterocycles. The number of hydrogen-bond acceptors (Lipinski definition) is 6. The molecule has 1 aliphatic rings. The van der Waals surface area contributed by atoms with Crippen LogP contribution >= 0.6 is 0 Å². The molecule has 4 rings (SSSR count). The Bertz CT molecular complexity index is 1170. The summed E-state index contributed by atoms with van der Waals surface area (Å²) in [6.45, 7) is 0.549. The molecule has 1 N–H and O–H groups in total. The second-order valence-corrected chi connectivity index (χ2v) is 8.63. The fourth-order valence-corrected chi connectivity index (χ4v) is 4.75. The Balaban J connectivity index is 1.86. The van der Waals surface area contributed by atoms with Gasteiger partial charge < -0.3 is 15.0 Å². The molecule has 0 unspecified atom stereocenters. The number of carbonyl (C=O) groups excluding carboxylic acids is 1. The van der Waals surface area contributed by atoms with Crippen LogP contribution in [0, 0.1) is 0 Å². The van der Waals surface area contributed by atoms with Gasteiger partial charge in [-0.05, 0) is 50.3 Å². The summed E-state index contributed by atoms with van der Waals surface area (Å²) in [6, 6.07) is 8.12. The minimum Gasteiger partial charge on any atom is -0.480 e. The van der Waals surface area contributed by atoms with E-state index < -0.39 is 10.0 Å². The fraction of sp³-hybridized carbons (Fsp3) is 0.263. The van der Waals surface area contributed by atoms with Crippen LogP contribution in [0.5, 0.6) is 5.75 Å². The number of amides is 1. The van der Waals surface area contributed by atoms with Crippen molar-refractivity contribution >= 4 is 32.7 Å². The van der Waals surface area contributed by atoms with Crippen LogP contribution in [0.3, 0.4) is 0 Å². The number of pyridine rings is 1. The summed E-state index contributed by atoms with van der Waals surface area (Å²) in [5, 5.41) is 2.64. The first kappa shape index (κ1) is 18.5. The molecule has 2 aromatic heterocycles. The first-order valence-corrected chi connectivity index (χ1v) is 10.2. The average Bonchev–Trinajstić information content (AvgIpc) is 3.05. The van der Waals surface area contributed by atoms with Crippen molar-refractivity contribution in [1.29, 1.82) is 0 Å². The molecule has 0 aliphatic carbocycles. The normalized spacial score (nSPS) is 14.0. The standard InChI is InChI=1S/C19H20N4O4S/c1-22(2)10-8-13-11-23(15-6-4-9-20-18(13)15)28(25,26)16-7-3-5-14-19(16)27-12-17(24)21-14/h3-7,9,11H,8,10,12H2,1-2H3,(H,21,24). The third kappa shape index (κ3) is 3.12. The van der Waals surface area contributed by atoms with Crippen molar-refractivity contribution in [3.05, 3.63) is 48.3 Å². The summed E-state index contributed by atoms with van der Waals surface area (Å²) in [6.07, 6.45) is 3.95. The lowest BCUT2D eigenvalue weighted by Gasteiger charge is -2.20. The van der Waals surface area contributed by atoms with Crippen LogP contribution < -0.4 is 10.1 Å². The van der Waals surface area contributed by atoms with Crippen molar-refractivity contribution < 1.29 is 17.9 Å². The van der Waals surface area contributed by atoms with Gasteiger partial charge in [0.1, 0.15) is 4.90 Å². The number of nitrogens with zero attached hydrogens (tertiary/aromatic N) is 3. The van der Waals surface area contributed by atoms with Crippen molar-refractivity contribution in [2.75, 3.05) is 32.6 Å². The number of rotatable bonds is 5. The number of aromatic nitrogens is 2. The van der Waals surface area contributed by atoms with E-state index >= 15 is 0 Å². The smallest absolute Gasteiger partial charge is 0.271 e. The van der Waals surface area contributed by atoms with Crippen LogP contribution in [-0.4, -0.2) is 55.4 Å². The molecule has 1 amide bonds. The van der Waals surface area contributed by atoms with Crippen molar-refractivity contribution in [2.45, 2.75) is 11.3 Å². The summed E-state index contributed by atoms with van der Waals surface area (Å²) >= 11 is 0. The predicted molar refractivity (Wildman–Crippen MR) is 105 cm³/mol. The monoisotopic (exact) mass is 400 g/mol. The maximum absolute atomic E-state index is 13.5. The topological polar surface area (TPSA) is 93.5 Å². The molecule has 0 atom stereocenters. The number of hydrogen-bond donors (Lipinski definition) is 1. The number of ether oxygens (including phenoxy) is 1. The SMILES string of the molecule is CN(C)CCc1cn(S(=O)(=O)c2cccc3c2OCC(=O)N3)c2cccnc12. The predicted octanol–water partition coefficient (Wildman–Crippen LogP) is 1.71. The molecule has 146 valence electrons. The Hall–Kier alpha value is -2.91. The van der Waals surface area contributed by atoms with Crippen LogP contribution in [0.25, 0.3) is 11.0 Å². The molecular formula is C19H20N4O4S. The summed E-state index contributed by atoms with van der Waals surface area (Å²) < 4.78 is 33.7. The Kier molecular flexibility index (Phi) is 4.56. The first-order valence-electron chi connectivity index (χ1n) is 8.79. The van der Waals surface area contributed by atoms with Gasteiger partial charge in [0.2, 0.25) is 0 Å². The summed E-state index contributed by atoms with van der Waals surface area (Å²) in [5.41, 5.74) is 2.37. The van der Waals surface area contributed by atoms with Crippen LogP contribution in [0.4, 0.5) is 5.69 Å². The molecule has 28 heavy (non-hydrogen) atoms. The third-order valence-corrected chi connectivity index (χ3v) is 6.26. The number of nitrogens with one attached hydrogen (secondary N) is 1. The second kappa shape index (κ2) is 6.92. The lowest BCUT2D eigenvalue weighted by atomic mass is 10.2. The van der Waals surface area contributed by atoms with E-state index in [1.807, 2.05) is 19.0 Å². The number of carbonyl (C=O) groups is 1. The van der Waals surface area contributed by atoms with E-state index in [-0.39, 0.29) is 23.2 Å². The van der Waals surface area contributed by atoms with Gasteiger partial charge >= 0.3 is 0 Å². The van der Waals surface area contributed by atoms with Crippen LogP contribution in [0.2, 0.25) is 0 Å². The molecule has 0 bridgehead atoms. The molecular weight excluding hydrogens is 380 g/mol. The van der Waals surface area contributed by atoms with Gasteiger partial charge in [-0.1, -0.05) is 6.07 Å². The third-order valence-electron chi connectivity index (χ3n) is 4.57. The molecule has 0 saturated carbocycles. The number of anilines is 1. The van der Waals surface area contributed by atoms with Gasteiger partial charge in [-0.3, -0.25) is 9.78 Å². The Morgan fingerprint density at radius 3 is 2.86 bits per heavy atom. The van der Waals surface area contributed by atoms with Crippen LogP contribution in [0.1, 0.15) is 5.56 Å². The van der Waals surface area contributed by atoms with E-state index in [9.17, 15) is 13.2 Å². The van der Waals surface area contributed by atoms with Gasteiger partial charge in [0.15, 0.2) is 12.4 Å². The van der Waals surface area contributed by atoms with E-state index in [4.69, 9.17) is 4.74 Å². The number of likely N-dealkylation sites (N-methyl/N-ethyl adjacent to an activating group) is 1. The highest BCUT2D eigenvalue weighted by molar-refractivity contribution is 7.90. The summed E-state index contributed by atoms with van der Waals surface area (Å²) in [4.78, 5) is 18.0. The highest BCUT2D eigenvalue weighted by atomic mass is 32.2. The summed E-state index contributed by atoms with van der Waals surface area (Å²) in [5.74, 6) is -0.161. The van der Waals surface area contributed by atoms with Gasteiger partial charge in [0.05, 0.1) is 16.7 Å². The van der Waals surface area contributed by atoms with Gasteiger partial charge in [-0.15, -0.1) is 0 Å². The van der Waals surface area contributed by atoms with E-state index in [0.717, 1.165) is 12.1 Å². The molecule has 1 aliphatic heterocycles. The van der Waals surface area contributed by atoms with Gasteiger partial charge in [0, 0.05) is 18.9 Å². The molecule has 1 aromatic carbocycles. The Morgan fingerprint density at radius 1 is 1.25 bits per heavy atom. The number of fused-ring (bicyclic) bond motifs is 2. The molecule has 9 heteroatoms. The Morgan fingerprint density at radius 2 is 2.07 bits per heavy atom. The lowest BCUT2D eigenvalue weighted by molar-refractivity contribution is -0.118.